The number of halogens is 2. The topological polar surface area (TPSA) is 32.3 Å². The summed E-state index contributed by atoms with van der Waals surface area (Å²) in [5.74, 6) is -0.932. The number of likely N-dealkylation sites (tertiary alicyclic amines) is 1. The van der Waals surface area contributed by atoms with Crippen LogP contribution < -0.4 is 5.32 Å². The maximum atomic E-state index is 12.5. The van der Waals surface area contributed by atoms with Gasteiger partial charge in [0.15, 0.2) is 0 Å². The van der Waals surface area contributed by atoms with Crippen molar-refractivity contribution in [1.82, 2.24) is 4.90 Å². The highest BCUT2D eigenvalue weighted by Crippen LogP contribution is 2.32. The van der Waals surface area contributed by atoms with Gasteiger partial charge in [-0.05, 0) is 36.5 Å². The van der Waals surface area contributed by atoms with Crippen LogP contribution in [0.2, 0.25) is 0 Å². The lowest BCUT2D eigenvalue weighted by atomic mass is 10.2. The fraction of sp³-hybridized carbons (Fsp3) is 0.500. The molecule has 1 aliphatic rings. The minimum absolute atomic E-state index is 0.207. The molecule has 2 rings (SSSR count). The Morgan fingerprint density at radius 2 is 2.24 bits per heavy atom. The van der Waals surface area contributed by atoms with E-state index in [1.54, 1.807) is 40.9 Å². The number of carbonyl (C=O) groups is 1. The lowest BCUT2D eigenvalue weighted by Crippen LogP contribution is -2.33. The van der Waals surface area contributed by atoms with E-state index in [9.17, 15) is 13.6 Å². The fourth-order valence-electron chi connectivity index (χ4n) is 2.35. The molecule has 1 heterocycles. The highest BCUT2D eigenvalue weighted by atomic mass is 32.2. The third-order valence-electron chi connectivity index (χ3n) is 3.32. The average Bonchev–Trinajstić information content (AvgIpc) is 2.89. The summed E-state index contributed by atoms with van der Waals surface area (Å²) < 4.78 is 25.0. The second kappa shape index (κ2) is 7.89. The molecule has 0 aromatic heterocycles. The highest BCUT2D eigenvalue weighted by molar-refractivity contribution is 7.99. The maximum absolute atomic E-state index is 12.5. The van der Waals surface area contributed by atoms with E-state index in [1.807, 2.05) is 0 Å². The van der Waals surface area contributed by atoms with E-state index >= 15 is 0 Å². The Balaban J connectivity index is 1.97. The summed E-state index contributed by atoms with van der Waals surface area (Å²) in [6.45, 7) is 1.46. The highest BCUT2D eigenvalue weighted by Gasteiger charge is 2.26. The van der Waals surface area contributed by atoms with Gasteiger partial charge in [0.1, 0.15) is 0 Å². The van der Waals surface area contributed by atoms with Crippen LogP contribution in [-0.2, 0) is 0 Å². The van der Waals surface area contributed by atoms with Crippen molar-refractivity contribution in [2.75, 3.05) is 30.4 Å². The molecule has 0 bridgehead atoms. The third kappa shape index (κ3) is 4.78. The number of nitrogens with zero attached hydrogens (tertiary/aromatic N) is 1. The van der Waals surface area contributed by atoms with Crippen LogP contribution in [0.15, 0.2) is 29.2 Å². The van der Waals surface area contributed by atoms with E-state index in [2.05, 4.69) is 11.6 Å². The van der Waals surface area contributed by atoms with Gasteiger partial charge in [0.2, 0.25) is 0 Å². The van der Waals surface area contributed by atoms with Crippen molar-refractivity contribution in [1.29, 1.82) is 0 Å². The first-order valence-corrected chi connectivity index (χ1v) is 8.96. The van der Waals surface area contributed by atoms with Crippen molar-refractivity contribution < 1.29 is 13.6 Å². The van der Waals surface area contributed by atoms with Crippen LogP contribution in [0.25, 0.3) is 0 Å². The van der Waals surface area contributed by atoms with Gasteiger partial charge in [-0.2, -0.15) is 20.5 Å². The molecule has 0 saturated carbocycles. The van der Waals surface area contributed by atoms with Gasteiger partial charge in [0.25, 0.3) is 5.76 Å². The Bertz CT molecular complexity index is 488. The molecule has 0 spiro atoms. The Morgan fingerprint density at radius 3 is 2.95 bits per heavy atom. The number of amides is 2. The molecule has 0 radical (unpaired) electrons. The van der Waals surface area contributed by atoms with Crippen LogP contribution >= 0.6 is 23.5 Å². The predicted molar refractivity (Wildman–Crippen MR) is 85.4 cm³/mol. The number of nitrogens with one attached hydrogen (secondary N) is 1. The van der Waals surface area contributed by atoms with Crippen molar-refractivity contribution >= 4 is 35.2 Å². The number of para-hydroxylation sites is 1. The monoisotopic (exact) mass is 332 g/mol. The first kappa shape index (κ1) is 16.4. The van der Waals surface area contributed by atoms with Gasteiger partial charge in [-0.3, -0.25) is 0 Å². The third-order valence-corrected chi connectivity index (χ3v) is 4.91. The molecule has 1 fully saturated rings. The molecule has 21 heavy (non-hydrogen) atoms. The second-order valence-electron chi connectivity index (χ2n) is 4.86. The minimum atomic E-state index is -2.50. The van der Waals surface area contributed by atoms with Gasteiger partial charge >= 0.3 is 6.03 Å². The average molecular weight is 332 g/mol. The summed E-state index contributed by atoms with van der Waals surface area (Å²) in [5, 5.41) is 2.75. The van der Waals surface area contributed by atoms with Crippen molar-refractivity contribution in [3.8, 4) is 0 Å². The minimum Gasteiger partial charge on any atom is -0.324 e. The van der Waals surface area contributed by atoms with Crippen LogP contribution in [0.4, 0.5) is 19.3 Å². The van der Waals surface area contributed by atoms with Crippen LogP contribution in [0.1, 0.15) is 6.42 Å². The zero-order valence-corrected chi connectivity index (χ0v) is 13.4. The molecule has 7 heteroatoms. The summed E-state index contributed by atoms with van der Waals surface area (Å²) >= 11 is 2.23. The molecule has 1 N–H and O–H groups in total. The Labute approximate surface area is 131 Å². The van der Waals surface area contributed by atoms with Crippen LogP contribution in [0.3, 0.4) is 0 Å². The molecular formula is C14H18F2N2OS2. The summed E-state index contributed by atoms with van der Waals surface area (Å²) in [4.78, 5) is 14.4. The van der Waals surface area contributed by atoms with E-state index in [0.717, 1.165) is 25.3 Å². The van der Waals surface area contributed by atoms with E-state index in [0.29, 0.717) is 28.3 Å². The molecular weight excluding hydrogens is 314 g/mol. The Hall–Kier alpha value is -0.950. The maximum Gasteiger partial charge on any atom is 0.321 e. The van der Waals surface area contributed by atoms with Crippen molar-refractivity contribution in [2.24, 2.45) is 5.92 Å². The van der Waals surface area contributed by atoms with Gasteiger partial charge in [-0.15, -0.1) is 0 Å². The molecule has 2 amide bonds. The summed E-state index contributed by atoms with van der Waals surface area (Å²) in [6.07, 6.45) is 3.06. The van der Waals surface area contributed by atoms with Crippen molar-refractivity contribution in [2.45, 2.75) is 17.1 Å². The first-order chi connectivity index (χ1) is 10.1. The fourth-order valence-corrected chi connectivity index (χ4v) is 3.69. The molecule has 1 saturated heterocycles. The van der Waals surface area contributed by atoms with Gasteiger partial charge in [0.05, 0.1) is 5.69 Å². The standard InChI is InChI=1S/C14H18F2N2OS2/c1-20-9-10-6-7-18(8-10)14(19)17-11-4-2-3-5-12(11)21-13(15)16/h2-5,10,13H,6-9H2,1H3,(H,17,19)/t10-/m0/s1. The molecule has 1 aromatic rings. The number of alkyl halides is 2. The van der Waals surface area contributed by atoms with Crippen molar-refractivity contribution in [3.05, 3.63) is 24.3 Å². The smallest absolute Gasteiger partial charge is 0.321 e. The molecule has 3 nitrogen and oxygen atoms in total. The Morgan fingerprint density at radius 1 is 1.48 bits per heavy atom. The molecule has 1 atom stereocenters. The number of hydrogen-bond acceptors (Lipinski definition) is 3. The van der Waals surface area contributed by atoms with E-state index in [4.69, 9.17) is 0 Å². The quantitative estimate of drug-likeness (QED) is 0.820. The number of thioether (sulfide) groups is 2. The van der Waals surface area contributed by atoms with Crippen LogP contribution in [0.5, 0.6) is 0 Å². The van der Waals surface area contributed by atoms with Crippen LogP contribution in [-0.4, -0.2) is 41.8 Å². The first-order valence-electron chi connectivity index (χ1n) is 6.69. The van der Waals surface area contributed by atoms with Gasteiger partial charge in [-0.1, -0.05) is 23.9 Å². The second-order valence-corrected chi connectivity index (χ2v) is 6.80. The predicted octanol–water partition coefficient (Wildman–Crippen LogP) is 4.22. The van der Waals surface area contributed by atoms with Gasteiger partial charge in [0, 0.05) is 18.0 Å². The molecule has 1 aromatic carbocycles. The molecule has 0 unspecified atom stereocenters. The lowest BCUT2D eigenvalue weighted by Gasteiger charge is -2.18. The summed E-state index contributed by atoms with van der Waals surface area (Å²) in [6, 6.07) is 6.45. The van der Waals surface area contributed by atoms with E-state index in [1.165, 1.54) is 0 Å². The largest absolute Gasteiger partial charge is 0.324 e. The van der Waals surface area contributed by atoms with E-state index in [-0.39, 0.29) is 6.03 Å². The number of hydrogen-bond donors (Lipinski definition) is 1. The number of anilines is 1. The molecule has 116 valence electrons. The van der Waals surface area contributed by atoms with Crippen molar-refractivity contribution in [3.63, 3.8) is 0 Å². The Kier molecular flexibility index (Phi) is 6.17. The molecule has 0 aliphatic carbocycles. The lowest BCUT2D eigenvalue weighted by molar-refractivity contribution is 0.221. The SMILES string of the molecule is CSC[C@H]1CCN(C(=O)Nc2ccccc2SC(F)F)C1. The van der Waals surface area contributed by atoms with Gasteiger partial charge in [-0.25, -0.2) is 4.79 Å². The van der Waals surface area contributed by atoms with Gasteiger partial charge < -0.3 is 10.2 Å². The summed E-state index contributed by atoms with van der Waals surface area (Å²) in [5.41, 5.74) is 0.445. The number of urea groups is 1. The zero-order chi connectivity index (χ0) is 15.2. The normalized spacial score (nSPS) is 18.3. The van der Waals surface area contributed by atoms with E-state index < -0.39 is 5.76 Å². The number of carbonyl (C=O) groups excluding carboxylic acids is 1. The summed E-state index contributed by atoms with van der Waals surface area (Å²) in [7, 11) is 0. The number of benzene rings is 1. The van der Waals surface area contributed by atoms with Crippen LogP contribution in [0, 0.1) is 5.92 Å². The zero-order valence-electron chi connectivity index (χ0n) is 11.7. The molecule has 1 aliphatic heterocycles. The number of rotatable bonds is 5.